The third-order valence-electron chi connectivity index (χ3n) is 2.53. The molecule has 0 saturated carbocycles. The Labute approximate surface area is 86.1 Å². The molecular formula is C13H18O. The van der Waals surface area contributed by atoms with Crippen molar-refractivity contribution in [2.24, 2.45) is 5.41 Å². The number of benzene rings is 1. The van der Waals surface area contributed by atoms with E-state index >= 15 is 0 Å². The summed E-state index contributed by atoms with van der Waals surface area (Å²) in [6, 6.07) is 10.2. The number of aliphatic hydroxyl groups is 1. The second kappa shape index (κ2) is 4.43. The van der Waals surface area contributed by atoms with Crippen LogP contribution < -0.4 is 0 Å². The van der Waals surface area contributed by atoms with Crippen molar-refractivity contribution in [1.29, 1.82) is 0 Å². The van der Waals surface area contributed by atoms with Crippen LogP contribution in [0.2, 0.25) is 0 Å². The summed E-state index contributed by atoms with van der Waals surface area (Å²) < 4.78 is 0. The van der Waals surface area contributed by atoms with E-state index in [0.29, 0.717) is 0 Å². The van der Waals surface area contributed by atoms with Crippen LogP contribution in [0, 0.1) is 5.41 Å². The van der Waals surface area contributed by atoms with Crippen molar-refractivity contribution in [2.75, 3.05) is 0 Å². The van der Waals surface area contributed by atoms with Gasteiger partial charge in [0.1, 0.15) is 0 Å². The summed E-state index contributed by atoms with van der Waals surface area (Å²) >= 11 is 0. The van der Waals surface area contributed by atoms with Crippen molar-refractivity contribution in [3.8, 4) is 0 Å². The number of rotatable bonds is 4. The molecule has 0 unspecified atom stereocenters. The van der Waals surface area contributed by atoms with Gasteiger partial charge in [-0.05, 0) is 17.4 Å². The van der Waals surface area contributed by atoms with Gasteiger partial charge in [-0.15, -0.1) is 6.58 Å². The van der Waals surface area contributed by atoms with E-state index in [1.54, 1.807) is 6.08 Å². The molecule has 14 heavy (non-hydrogen) atoms. The first kappa shape index (κ1) is 11.0. The van der Waals surface area contributed by atoms with Gasteiger partial charge in [0, 0.05) is 0 Å². The SMILES string of the molecule is C=C[C@H](O)C(C)(C)Cc1ccccc1. The number of aliphatic hydroxyl groups excluding tert-OH is 1. The Morgan fingerprint density at radius 3 is 2.43 bits per heavy atom. The molecule has 0 aromatic heterocycles. The first-order valence-electron chi connectivity index (χ1n) is 4.91. The predicted molar refractivity (Wildman–Crippen MR) is 60.1 cm³/mol. The summed E-state index contributed by atoms with van der Waals surface area (Å²) in [5.74, 6) is 0. The van der Waals surface area contributed by atoms with Crippen molar-refractivity contribution >= 4 is 0 Å². The topological polar surface area (TPSA) is 20.2 Å². The van der Waals surface area contributed by atoms with E-state index in [1.165, 1.54) is 5.56 Å². The van der Waals surface area contributed by atoms with Crippen molar-refractivity contribution in [3.63, 3.8) is 0 Å². The molecule has 1 atom stereocenters. The van der Waals surface area contributed by atoms with E-state index in [-0.39, 0.29) is 5.41 Å². The van der Waals surface area contributed by atoms with Crippen LogP contribution in [-0.4, -0.2) is 11.2 Å². The average Bonchev–Trinajstić information content (AvgIpc) is 2.17. The summed E-state index contributed by atoms with van der Waals surface area (Å²) in [7, 11) is 0. The smallest absolute Gasteiger partial charge is 0.0772 e. The Balaban J connectivity index is 2.73. The normalized spacial score (nSPS) is 13.6. The maximum Gasteiger partial charge on any atom is 0.0772 e. The van der Waals surface area contributed by atoms with Crippen LogP contribution in [0.25, 0.3) is 0 Å². The van der Waals surface area contributed by atoms with E-state index in [4.69, 9.17) is 0 Å². The molecule has 1 N–H and O–H groups in total. The van der Waals surface area contributed by atoms with Gasteiger partial charge in [0.15, 0.2) is 0 Å². The van der Waals surface area contributed by atoms with Crippen molar-refractivity contribution in [3.05, 3.63) is 48.6 Å². The molecule has 1 nitrogen and oxygen atoms in total. The second-order valence-electron chi connectivity index (χ2n) is 4.33. The monoisotopic (exact) mass is 190 g/mol. The van der Waals surface area contributed by atoms with E-state index in [1.807, 2.05) is 32.0 Å². The molecule has 0 heterocycles. The Kier molecular flexibility index (Phi) is 3.48. The lowest BCUT2D eigenvalue weighted by Gasteiger charge is -2.28. The van der Waals surface area contributed by atoms with Gasteiger partial charge in [-0.25, -0.2) is 0 Å². The van der Waals surface area contributed by atoms with Gasteiger partial charge in [0.2, 0.25) is 0 Å². The van der Waals surface area contributed by atoms with Gasteiger partial charge in [-0.3, -0.25) is 0 Å². The van der Waals surface area contributed by atoms with Crippen LogP contribution in [0.3, 0.4) is 0 Å². The van der Waals surface area contributed by atoms with E-state index in [2.05, 4.69) is 18.7 Å². The Bertz CT molecular complexity index is 287. The maximum absolute atomic E-state index is 9.73. The first-order valence-corrected chi connectivity index (χ1v) is 4.91. The van der Waals surface area contributed by atoms with Gasteiger partial charge in [0.25, 0.3) is 0 Å². The van der Waals surface area contributed by atoms with Crippen LogP contribution in [-0.2, 0) is 6.42 Å². The summed E-state index contributed by atoms with van der Waals surface area (Å²) in [5.41, 5.74) is 1.10. The molecule has 0 aliphatic rings. The maximum atomic E-state index is 9.73. The molecule has 1 aromatic carbocycles. The first-order chi connectivity index (χ1) is 6.56. The highest BCUT2D eigenvalue weighted by Gasteiger charge is 2.25. The molecular weight excluding hydrogens is 172 g/mol. The van der Waals surface area contributed by atoms with Gasteiger partial charge < -0.3 is 5.11 Å². The highest BCUT2D eigenvalue weighted by atomic mass is 16.3. The molecule has 1 rings (SSSR count). The minimum absolute atomic E-state index is 0.150. The van der Waals surface area contributed by atoms with Crippen molar-refractivity contribution in [1.82, 2.24) is 0 Å². The zero-order valence-electron chi connectivity index (χ0n) is 8.90. The molecule has 0 spiro atoms. The molecule has 0 saturated heterocycles. The van der Waals surface area contributed by atoms with Crippen LogP contribution in [0.1, 0.15) is 19.4 Å². The van der Waals surface area contributed by atoms with Crippen molar-refractivity contribution < 1.29 is 5.11 Å². The second-order valence-corrected chi connectivity index (χ2v) is 4.33. The molecule has 1 aromatic rings. The molecule has 0 bridgehead atoms. The quantitative estimate of drug-likeness (QED) is 0.724. The summed E-state index contributed by atoms with van der Waals surface area (Å²) in [6.45, 7) is 7.71. The Hall–Kier alpha value is -1.08. The summed E-state index contributed by atoms with van der Waals surface area (Å²) in [5, 5.41) is 9.73. The molecule has 0 aliphatic carbocycles. The average molecular weight is 190 g/mol. The van der Waals surface area contributed by atoms with Gasteiger partial charge in [-0.1, -0.05) is 50.3 Å². The molecule has 1 heteroatoms. The van der Waals surface area contributed by atoms with Crippen LogP contribution in [0.4, 0.5) is 0 Å². The lowest BCUT2D eigenvalue weighted by atomic mass is 9.80. The third-order valence-corrected chi connectivity index (χ3v) is 2.53. The standard InChI is InChI=1S/C13H18O/c1-4-12(14)13(2,3)10-11-8-6-5-7-9-11/h4-9,12,14H,1,10H2,2-3H3/t12-/m0/s1. The molecule has 0 fully saturated rings. The molecule has 0 aliphatic heterocycles. The summed E-state index contributed by atoms with van der Waals surface area (Å²) in [4.78, 5) is 0. The largest absolute Gasteiger partial charge is 0.388 e. The van der Waals surface area contributed by atoms with Crippen LogP contribution in [0.15, 0.2) is 43.0 Å². The number of hydrogen-bond acceptors (Lipinski definition) is 1. The van der Waals surface area contributed by atoms with Crippen LogP contribution >= 0.6 is 0 Å². The highest BCUT2D eigenvalue weighted by Crippen LogP contribution is 2.26. The molecule has 0 radical (unpaired) electrons. The zero-order valence-corrected chi connectivity index (χ0v) is 8.90. The van der Waals surface area contributed by atoms with Crippen molar-refractivity contribution in [2.45, 2.75) is 26.4 Å². The van der Waals surface area contributed by atoms with Gasteiger partial charge in [0.05, 0.1) is 6.10 Å². The summed E-state index contributed by atoms with van der Waals surface area (Å²) in [6.07, 6.45) is 2.01. The third kappa shape index (κ3) is 2.71. The lowest BCUT2D eigenvalue weighted by Crippen LogP contribution is -2.29. The molecule has 76 valence electrons. The van der Waals surface area contributed by atoms with E-state index in [9.17, 15) is 5.11 Å². The predicted octanol–water partition coefficient (Wildman–Crippen LogP) is 2.80. The minimum Gasteiger partial charge on any atom is -0.388 e. The van der Waals surface area contributed by atoms with E-state index in [0.717, 1.165) is 6.42 Å². The number of hydrogen-bond donors (Lipinski definition) is 1. The zero-order chi connectivity index (χ0) is 10.6. The van der Waals surface area contributed by atoms with Gasteiger partial charge in [-0.2, -0.15) is 0 Å². The fraction of sp³-hybridized carbons (Fsp3) is 0.385. The van der Waals surface area contributed by atoms with Crippen LogP contribution in [0.5, 0.6) is 0 Å². The fourth-order valence-electron chi connectivity index (χ4n) is 1.55. The highest BCUT2D eigenvalue weighted by molar-refractivity contribution is 5.17. The Morgan fingerprint density at radius 2 is 1.93 bits per heavy atom. The van der Waals surface area contributed by atoms with Gasteiger partial charge >= 0.3 is 0 Å². The minimum atomic E-state index is -0.456. The lowest BCUT2D eigenvalue weighted by molar-refractivity contribution is 0.0911. The Morgan fingerprint density at radius 1 is 1.36 bits per heavy atom. The van der Waals surface area contributed by atoms with E-state index < -0.39 is 6.10 Å². The fourth-order valence-corrected chi connectivity index (χ4v) is 1.55. The molecule has 0 amide bonds.